The van der Waals surface area contributed by atoms with Gasteiger partial charge in [0.05, 0.1) is 0 Å². The molecule has 1 saturated heterocycles. The highest BCUT2D eigenvalue weighted by Gasteiger charge is 2.41. The van der Waals surface area contributed by atoms with Crippen LogP contribution in [0.15, 0.2) is 0 Å². The Kier molecular flexibility index (Phi) is 3.70. The van der Waals surface area contributed by atoms with E-state index in [4.69, 9.17) is 0 Å². The molecule has 2 rings (SSSR count). The number of anilines is 1. The second-order valence-electron chi connectivity index (χ2n) is 4.71. The fourth-order valence-electron chi connectivity index (χ4n) is 1.90. The maximum absolute atomic E-state index is 12.4. The van der Waals surface area contributed by atoms with Crippen LogP contribution in [0, 0.1) is 0 Å². The fourth-order valence-corrected chi connectivity index (χ4v) is 2.66. The molecule has 0 unspecified atom stereocenters. The van der Waals surface area contributed by atoms with E-state index >= 15 is 0 Å². The van der Waals surface area contributed by atoms with Crippen molar-refractivity contribution in [1.82, 2.24) is 20.4 Å². The number of carbonyl (C=O) groups excluding carboxylic acids is 2. The lowest BCUT2D eigenvalue weighted by Gasteiger charge is -2.40. The first-order valence-corrected chi connectivity index (χ1v) is 6.96. The SMILES string of the molecule is CCNc1nnc(C(=O)N2CCNC(=O)C2(C)C)s1. The van der Waals surface area contributed by atoms with Gasteiger partial charge in [0.1, 0.15) is 5.54 Å². The minimum atomic E-state index is -0.862. The summed E-state index contributed by atoms with van der Waals surface area (Å²) in [5, 5.41) is 14.5. The van der Waals surface area contributed by atoms with E-state index in [-0.39, 0.29) is 11.8 Å². The molecule has 1 aromatic heterocycles. The first-order chi connectivity index (χ1) is 8.96. The van der Waals surface area contributed by atoms with Crippen LogP contribution in [-0.2, 0) is 4.79 Å². The molecule has 0 spiro atoms. The molecule has 7 nitrogen and oxygen atoms in total. The van der Waals surface area contributed by atoms with Crippen molar-refractivity contribution in [3.63, 3.8) is 0 Å². The molecule has 0 aromatic carbocycles. The Morgan fingerprint density at radius 1 is 1.53 bits per heavy atom. The molecule has 104 valence electrons. The van der Waals surface area contributed by atoms with Gasteiger partial charge in [-0.25, -0.2) is 0 Å². The minimum absolute atomic E-state index is 0.150. The van der Waals surface area contributed by atoms with Crippen molar-refractivity contribution in [2.45, 2.75) is 26.3 Å². The smallest absolute Gasteiger partial charge is 0.285 e. The summed E-state index contributed by atoms with van der Waals surface area (Å²) in [6.45, 7) is 7.07. The summed E-state index contributed by atoms with van der Waals surface area (Å²) >= 11 is 1.20. The van der Waals surface area contributed by atoms with Crippen LogP contribution in [0.3, 0.4) is 0 Å². The molecule has 1 aromatic rings. The highest BCUT2D eigenvalue weighted by atomic mass is 32.1. The standard InChI is InChI=1S/C11H17N5O2S/c1-4-12-10-15-14-7(19-10)8(17)16-6-5-13-9(18)11(16,2)3/h4-6H2,1-3H3,(H,12,15)(H,13,18). The van der Waals surface area contributed by atoms with E-state index in [1.807, 2.05) is 6.92 Å². The van der Waals surface area contributed by atoms with E-state index in [1.165, 1.54) is 11.3 Å². The van der Waals surface area contributed by atoms with Gasteiger partial charge < -0.3 is 15.5 Å². The lowest BCUT2D eigenvalue weighted by Crippen LogP contribution is -2.63. The summed E-state index contributed by atoms with van der Waals surface area (Å²) in [5.41, 5.74) is -0.862. The first-order valence-electron chi connectivity index (χ1n) is 6.14. The predicted octanol–water partition coefficient (Wildman–Crippen LogP) is 0.320. The molecule has 0 radical (unpaired) electrons. The van der Waals surface area contributed by atoms with Crippen molar-refractivity contribution >= 4 is 28.3 Å². The summed E-state index contributed by atoms with van der Waals surface area (Å²) in [4.78, 5) is 25.8. The van der Waals surface area contributed by atoms with Crippen molar-refractivity contribution in [3.05, 3.63) is 5.01 Å². The number of hydrogen-bond acceptors (Lipinski definition) is 6. The summed E-state index contributed by atoms with van der Waals surface area (Å²) in [5.74, 6) is -0.398. The van der Waals surface area contributed by atoms with Gasteiger partial charge in [0.2, 0.25) is 16.0 Å². The zero-order valence-corrected chi connectivity index (χ0v) is 12.0. The van der Waals surface area contributed by atoms with Gasteiger partial charge in [-0.1, -0.05) is 11.3 Å². The van der Waals surface area contributed by atoms with Gasteiger partial charge >= 0.3 is 0 Å². The third-order valence-electron chi connectivity index (χ3n) is 3.03. The Bertz CT molecular complexity index is 499. The molecule has 0 saturated carbocycles. The number of nitrogens with one attached hydrogen (secondary N) is 2. The van der Waals surface area contributed by atoms with Crippen LogP contribution >= 0.6 is 11.3 Å². The number of aromatic nitrogens is 2. The summed E-state index contributed by atoms with van der Waals surface area (Å²) in [7, 11) is 0. The van der Waals surface area contributed by atoms with Gasteiger partial charge in [-0.15, -0.1) is 10.2 Å². The van der Waals surface area contributed by atoms with E-state index < -0.39 is 5.54 Å². The Morgan fingerprint density at radius 2 is 2.26 bits per heavy atom. The highest BCUT2D eigenvalue weighted by molar-refractivity contribution is 7.17. The van der Waals surface area contributed by atoms with Gasteiger partial charge in [0.25, 0.3) is 5.91 Å². The maximum Gasteiger partial charge on any atom is 0.285 e. The number of rotatable bonds is 3. The lowest BCUT2D eigenvalue weighted by molar-refractivity contribution is -0.133. The first kappa shape index (κ1) is 13.7. The van der Waals surface area contributed by atoms with E-state index in [1.54, 1.807) is 18.7 Å². The summed E-state index contributed by atoms with van der Waals surface area (Å²) in [6, 6.07) is 0. The number of hydrogen-bond donors (Lipinski definition) is 2. The van der Waals surface area contributed by atoms with Gasteiger partial charge in [0.15, 0.2) is 0 Å². The fraction of sp³-hybridized carbons (Fsp3) is 0.636. The molecule has 0 bridgehead atoms. The van der Waals surface area contributed by atoms with Crippen LogP contribution < -0.4 is 10.6 Å². The van der Waals surface area contributed by atoms with E-state index in [0.717, 1.165) is 6.54 Å². The quantitative estimate of drug-likeness (QED) is 0.834. The zero-order valence-electron chi connectivity index (χ0n) is 11.2. The topological polar surface area (TPSA) is 87.2 Å². The van der Waals surface area contributed by atoms with E-state index in [0.29, 0.717) is 23.2 Å². The van der Waals surface area contributed by atoms with Gasteiger partial charge in [-0.3, -0.25) is 9.59 Å². The van der Waals surface area contributed by atoms with Gasteiger partial charge in [-0.2, -0.15) is 0 Å². The average molecular weight is 283 g/mol. The molecule has 19 heavy (non-hydrogen) atoms. The van der Waals surface area contributed by atoms with E-state index in [2.05, 4.69) is 20.8 Å². The van der Waals surface area contributed by atoms with Crippen LogP contribution in [0.5, 0.6) is 0 Å². The molecule has 0 aliphatic carbocycles. The highest BCUT2D eigenvalue weighted by Crippen LogP contribution is 2.23. The van der Waals surface area contributed by atoms with Crippen LogP contribution in [0.4, 0.5) is 5.13 Å². The van der Waals surface area contributed by atoms with Gasteiger partial charge in [0, 0.05) is 19.6 Å². The normalized spacial score (nSPS) is 18.1. The van der Waals surface area contributed by atoms with Crippen LogP contribution in [-0.4, -0.2) is 52.1 Å². The summed E-state index contributed by atoms with van der Waals surface area (Å²) in [6.07, 6.45) is 0. The predicted molar refractivity (Wildman–Crippen MR) is 72.2 cm³/mol. The third kappa shape index (κ3) is 2.53. The molecule has 0 atom stereocenters. The monoisotopic (exact) mass is 283 g/mol. The second kappa shape index (κ2) is 5.12. The average Bonchev–Trinajstić information content (AvgIpc) is 2.81. The van der Waals surface area contributed by atoms with Crippen molar-refractivity contribution in [2.75, 3.05) is 25.0 Å². The van der Waals surface area contributed by atoms with Crippen LogP contribution in [0.1, 0.15) is 30.6 Å². The Balaban J connectivity index is 2.20. The van der Waals surface area contributed by atoms with Crippen molar-refractivity contribution in [3.8, 4) is 0 Å². The number of piperazine rings is 1. The molecular weight excluding hydrogens is 266 g/mol. The zero-order chi connectivity index (χ0) is 14.0. The van der Waals surface area contributed by atoms with Crippen molar-refractivity contribution < 1.29 is 9.59 Å². The number of nitrogens with zero attached hydrogens (tertiary/aromatic N) is 3. The molecule has 1 aliphatic rings. The largest absolute Gasteiger partial charge is 0.360 e. The molecule has 2 amide bonds. The van der Waals surface area contributed by atoms with Gasteiger partial charge in [-0.05, 0) is 20.8 Å². The Morgan fingerprint density at radius 3 is 2.95 bits per heavy atom. The van der Waals surface area contributed by atoms with Crippen LogP contribution in [0.25, 0.3) is 0 Å². The Labute approximate surface area is 115 Å². The number of carbonyl (C=O) groups is 2. The van der Waals surface area contributed by atoms with Crippen molar-refractivity contribution in [1.29, 1.82) is 0 Å². The maximum atomic E-state index is 12.4. The van der Waals surface area contributed by atoms with Crippen LogP contribution in [0.2, 0.25) is 0 Å². The molecule has 8 heteroatoms. The lowest BCUT2D eigenvalue weighted by atomic mass is 9.99. The third-order valence-corrected chi connectivity index (χ3v) is 3.90. The summed E-state index contributed by atoms with van der Waals surface area (Å²) < 4.78 is 0. The minimum Gasteiger partial charge on any atom is -0.360 e. The molecule has 2 heterocycles. The van der Waals surface area contributed by atoms with E-state index in [9.17, 15) is 9.59 Å². The molecule has 1 aliphatic heterocycles. The Hall–Kier alpha value is -1.70. The van der Waals surface area contributed by atoms with Crippen molar-refractivity contribution in [2.24, 2.45) is 0 Å². The number of amides is 2. The molecule has 2 N–H and O–H groups in total. The molecular formula is C11H17N5O2S. The second-order valence-corrected chi connectivity index (χ2v) is 5.69. The molecule has 1 fully saturated rings.